The molecule has 0 aliphatic rings. The second-order valence-electron chi connectivity index (χ2n) is 3.57. The van der Waals surface area contributed by atoms with Crippen molar-refractivity contribution < 1.29 is 0 Å². The third-order valence-corrected chi connectivity index (χ3v) is 5.02. The van der Waals surface area contributed by atoms with Crippen LogP contribution in [0.1, 0.15) is 4.88 Å². The Kier molecular flexibility index (Phi) is 5.98. The minimum atomic E-state index is 0.681. The summed E-state index contributed by atoms with van der Waals surface area (Å²) >= 11 is 12.7. The standard InChI is InChI=1S/C12H12BrClN2S2/c13-9-5-11(18-8-9)7-15-3-4-17-12-2-1-10(14)6-16-12/h1-2,5-6,8,15H,3-4,7H2. The van der Waals surface area contributed by atoms with Gasteiger partial charge in [0.15, 0.2) is 0 Å². The lowest BCUT2D eigenvalue weighted by Crippen LogP contribution is -2.15. The Labute approximate surface area is 128 Å². The van der Waals surface area contributed by atoms with E-state index in [0.717, 1.165) is 28.3 Å². The number of rotatable bonds is 6. The van der Waals surface area contributed by atoms with Gasteiger partial charge in [0.05, 0.1) is 10.0 Å². The predicted octanol–water partition coefficient (Wildman–Crippen LogP) is 4.44. The lowest BCUT2D eigenvalue weighted by Gasteiger charge is -2.03. The highest BCUT2D eigenvalue weighted by atomic mass is 79.9. The predicted molar refractivity (Wildman–Crippen MR) is 83.7 cm³/mol. The summed E-state index contributed by atoms with van der Waals surface area (Å²) < 4.78 is 1.16. The minimum Gasteiger partial charge on any atom is -0.311 e. The van der Waals surface area contributed by atoms with Crippen LogP contribution in [0.4, 0.5) is 0 Å². The topological polar surface area (TPSA) is 24.9 Å². The maximum atomic E-state index is 5.78. The first-order valence-corrected chi connectivity index (χ1v) is 8.45. The van der Waals surface area contributed by atoms with Gasteiger partial charge < -0.3 is 5.32 Å². The van der Waals surface area contributed by atoms with E-state index in [9.17, 15) is 0 Å². The second-order valence-corrected chi connectivity index (χ2v) is 7.03. The molecule has 1 N–H and O–H groups in total. The number of hydrogen-bond acceptors (Lipinski definition) is 4. The average Bonchev–Trinajstić information content (AvgIpc) is 2.77. The maximum absolute atomic E-state index is 5.78. The van der Waals surface area contributed by atoms with Crippen LogP contribution in [0.25, 0.3) is 0 Å². The number of thioether (sulfide) groups is 1. The van der Waals surface area contributed by atoms with Crippen LogP contribution in [0.2, 0.25) is 5.02 Å². The van der Waals surface area contributed by atoms with Gasteiger partial charge in [-0.1, -0.05) is 11.6 Å². The quantitative estimate of drug-likeness (QED) is 0.606. The molecule has 96 valence electrons. The molecule has 0 aliphatic carbocycles. The van der Waals surface area contributed by atoms with Crippen molar-refractivity contribution >= 4 is 50.6 Å². The number of hydrogen-bond donors (Lipinski definition) is 1. The van der Waals surface area contributed by atoms with Crippen molar-refractivity contribution in [3.63, 3.8) is 0 Å². The van der Waals surface area contributed by atoms with Crippen LogP contribution < -0.4 is 5.32 Å². The summed E-state index contributed by atoms with van der Waals surface area (Å²) in [5, 5.41) is 7.21. The molecule has 2 nitrogen and oxygen atoms in total. The molecule has 0 aliphatic heterocycles. The van der Waals surface area contributed by atoms with E-state index < -0.39 is 0 Å². The highest BCUT2D eigenvalue weighted by molar-refractivity contribution is 9.10. The molecule has 0 unspecified atom stereocenters. The largest absolute Gasteiger partial charge is 0.311 e. The van der Waals surface area contributed by atoms with E-state index in [1.165, 1.54) is 4.88 Å². The van der Waals surface area contributed by atoms with E-state index in [0.29, 0.717) is 5.02 Å². The summed E-state index contributed by atoms with van der Waals surface area (Å²) in [6, 6.07) is 5.96. The van der Waals surface area contributed by atoms with Gasteiger partial charge in [0.25, 0.3) is 0 Å². The van der Waals surface area contributed by atoms with E-state index in [1.807, 2.05) is 12.1 Å². The van der Waals surface area contributed by atoms with Crippen molar-refractivity contribution in [3.05, 3.63) is 44.1 Å². The lowest BCUT2D eigenvalue weighted by molar-refractivity contribution is 0.740. The molecule has 0 saturated carbocycles. The highest BCUT2D eigenvalue weighted by Crippen LogP contribution is 2.19. The first-order chi connectivity index (χ1) is 8.74. The maximum Gasteiger partial charge on any atom is 0.0961 e. The van der Waals surface area contributed by atoms with Gasteiger partial charge in [0, 0.05) is 39.8 Å². The van der Waals surface area contributed by atoms with Gasteiger partial charge in [-0.15, -0.1) is 23.1 Å². The molecular weight excluding hydrogens is 352 g/mol. The summed E-state index contributed by atoms with van der Waals surface area (Å²) in [5.41, 5.74) is 0. The molecule has 0 bridgehead atoms. The number of aromatic nitrogens is 1. The van der Waals surface area contributed by atoms with Crippen molar-refractivity contribution in [2.45, 2.75) is 11.6 Å². The number of pyridine rings is 1. The van der Waals surface area contributed by atoms with Crippen molar-refractivity contribution in [1.29, 1.82) is 0 Å². The van der Waals surface area contributed by atoms with Crippen LogP contribution in [-0.4, -0.2) is 17.3 Å². The zero-order chi connectivity index (χ0) is 12.8. The van der Waals surface area contributed by atoms with E-state index in [-0.39, 0.29) is 0 Å². The molecule has 0 atom stereocenters. The van der Waals surface area contributed by atoms with E-state index in [4.69, 9.17) is 11.6 Å². The fourth-order valence-corrected chi connectivity index (χ4v) is 3.61. The molecule has 2 rings (SSSR count). The highest BCUT2D eigenvalue weighted by Gasteiger charge is 1.98. The van der Waals surface area contributed by atoms with Gasteiger partial charge in [-0.3, -0.25) is 0 Å². The van der Waals surface area contributed by atoms with Gasteiger partial charge >= 0.3 is 0 Å². The average molecular weight is 364 g/mol. The third-order valence-electron chi connectivity index (χ3n) is 2.15. The Balaban J connectivity index is 1.63. The molecule has 0 spiro atoms. The molecular formula is C12H12BrClN2S2. The number of nitrogens with one attached hydrogen (secondary N) is 1. The summed E-state index contributed by atoms with van der Waals surface area (Å²) in [4.78, 5) is 5.58. The Bertz CT molecular complexity index is 487. The van der Waals surface area contributed by atoms with Crippen molar-refractivity contribution in [2.75, 3.05) is 12.3 Å². The number of nitrogens with zero attached hydrogens (tertiary/aromatic N) is 1. The molecule has 18 heavy (non-hydrogen) atoms. The first kappa shape index (κ1) is 14.3. The van der Waals surface area contributed by atoms with Gasteiger partial charge in [0.2, 0.25) is 0 Å². The molecule has 0 radical (unpaired) electrons. The van der Waals surface area contributed by atoms with Gasteiger partial charge in [-0.25, -0.2) is 4.98 Å². The molecule has 0 fully saturated rings. The molecule has 2 aromatic rings. The third kappa shape index (κ3) is 4.90. The summed E-state index contributed by atoms with van der Waals surface area (Å²) in [6.45, 7) is 1.88. The Morgan fingerprint density at radius 2 is 2.33 bits per heavy atom. The second kappa shape index (κ2) is 7.50. The lowest BCUT2D eigenvalue weighted by atomic mass is 10.4. The van der Waals surface area contributed by atoms with Gasteiger partial charge in [0.1, 0.15) is 0 Å². The summed E-state index contributed by atoms with van der Waals surface area (Å²) in [5.74, 6) is 1.00. The van der Waals surface area contributed by atoms with E-state index >= 15 is 0 Å². The van der Waals surface area contributed by atoms with Crippen molar-refractivity contribution in [3.8, 4) is 0 Å². The summed E-state index contributed by atoms with van der Waals surface area (Å²) in [6.07, 6.45) is 1.68. The SMILES string of the molecule is Clc1ccc(SCCNCc2cc(Br)cs2)nc1. The number of halogens is 2. The van der Waals surface area contributed by atoms with Crippen LogP contribution in [0, 0.1) is 0 Å². The fourth-order valence-electron chi connectivity index (χ4n) is 1.33. The molecule has 6 heteroatoms. The smallest absolute Gasteiger partial charge is 0.0961 e. The van der Waals surface area contributed by atoms with Crippen LogP contribution in [0.5, 0.6) is 0 Å². The van der Waals surface area contributed by atoms with Crippen LogP contribution in [0.15, 0.2) is 39.3 Å². The molecule has 0 aromatic carbocycles. The molecule has 0 saturated heterocycles. The Morgan fingerprint density at radius 1 is 1.44 bits per heavy atom. The molecule has 2 aromatic heterocycles. The first-order valence-electron chi connectivity index (χ1n) is 5.42. The van der Waals surface area contributed by atoms with E-state index in [2.05, 4.69) is 37.7 Å². The monoisotopic (exact) mass is 362 g/mol. The van der Waals surface area contributed by atoms with Crippen LogP contribution in [-0.2, 0) is 6.54 Å². The molecule has 0 amide bonds. The van der Waals surface area contributed by atoms with Gasteiger partial charge in [-0.2, -0.15) is 0 Å². The Hall–Kier alpha value is -0.0700. The van der Waals surface area contributed by atoms with Crippen molar-refractivity contribution in [1.82, 2.24) is 10.3 Å². The van der Waals surface area contributed by atoms with Crippen LogP contribution >= 0.6 is 50.6 Å². The van der Waals surface area contributed by atoms with Crippen molar-refractivity contribution in [2.24, 2.45) is 0 Å². The van der Waals surface area contributed by atoms with Crippen LogP contribution in [0.3, 0.4) is 0 Å². The summed E-state index contributed by atoms with van der Waals surface area (Å²) in [7, 11) is 0. The molecule has 2 heterocycles. The zero-order valence-electron chi connectivity index (χ0n) is 9.53. The zero-order valence-corrected chi connectivity index (χ0v) is 13.5. The fraction of sp³-hybridized carbons (Fsp3) is 0.250. The Morgan fingerprint density at radius 3 is 3.00 bits per heavy atom. The normalized spacial score (nSPS) is 10.8. The van der Waals surface area contributed by atoms with Gasteiger partial charge in [-0.05, 0) is 34.1 Å². The minimum absolute atomic E-state index is 0.681. The number of thiophene rings is 1. The van der Waals surface area contributed by atoms with E-state index in [1.54, 1.807) is 29.3 Å².